The van der Waals surface area contributed by atoms with Gasteiger partial charge in [0.1, 0.15) is 0 Å². The van der Waals surface area contributed by atoms with Crippen molar-refractivity contribution in [1.29, 1.82) is 0 Å². The van der Waals surface area contributed by atoms with Crippen LogP contribution < -0.4 is 5.32 Å². The minimum absolute atomic E-state index is 0.189. The lowest BCUT2D eigenvalue weighted by Crippen LogP contribution is -2.29. The maximum Gasteiger partial charge on any atom is 0.251 e. The second-order valence-electron chi connectivity index (χ2n) is 4.53. The van der Waals surface area contributed by atoms with E-state index >= 15 is 0 Å². The molecular weight excluding hydrogens is 273 g/mol. The topological polar surface area (TPSA) is 49.3 Å². The minimum Gasteiger partial charge on any atom is -0.393 e. The summed E-state index contributed by atoms with van der Waals surface area (Å²) in [5.41, 5.74) is 0.480. The summed E-state index contributed by atoms with van der Waals surface area (Å²) in [5, 5.41) is 12.8. The number of rotatable bonds is 5. The van der Waals surface area contributed by atoms with Crippen LogP contribution in [0.5, 0.6) is 0 Å². The predicted octanol–water partition coefficient (Wildman–Crippen LogP) is 3.13. The van der Waals surface area contributed by atoms with Crippen molar-refractivity contribution in [2.24, 2.45) is 5.92 Å². The number of nitrogens with one attached hydrogen (secondary N) is 1. The Bertz CT molecular complexity index is 421. The van der Waals surface area contributed by atoms with Crippen LogP contribution in [-0.4, -0.2) is 23.7 Å². The van der Waals surface area contributed by atoms with E-state index in [0.29, 0.717) is 28.6 Å². The molecule has 1 aromatic carbocycles. The van der Waals surface area contributed by atoms with Crippen LogP contribution in [0.25, 0.3) is 0 Å². The highest BCUT2D eigenvalue weighted by Crippen LogP contribution is 2.22. The van der Waals surface area contributed by atoms with Gasteiger partial charge < -0.3 is 10.4 Å². The Morgan fingerprint density at radius 3 is 2.56 bits per heavy atom. The summed E-state index contributed by atoms with van der Waals surface area (Å²) in [5.74, 6) is 0.0303. The minimum atomic E-state index is -0.359. The number of carbonyl (C=O) groups is 1. The van der Waals surface area contributed by atoms with E-state index in [0.717, 1.165) is 0 Å². The smallest absolute Gasteiger partial charge is 0.251 e. The standard InChI is InChI=1S/C13H17Cl2NO2/c1-8(5-9(2)17)7-16-13(18)10-3-4-11(14)12(15)6-10/h3-4,6,8-9,17H,5,7H2,1-2H3,(H,16,18). The van der Waals surface area contributed by atoms with Crippen LogP contribution in [0.3, 0.4) is 0 Å². The molecule has 2 N–H and O–H groups in total. The molecule has 3 nitrogen and oxygen atoms in total. The van der Waals surface area contributed by atoms with Gasteiger partial charge in [-0.3, -0.25) is 4.79 Å². The van der Waals surface area contributed by atoms with E-state index in [2.05, 4.69) is 5.32 Å². The van der Waals surface area contributed by atoms with Gasteiger partial charge in [0, 0.05) is 12.1 Å². The molecule has 2 unspecified atom stereocenters. The van der Waals surface area contributed by atoms with Crippen molar-refractivity contribution in [3.8, 4) is 0 Å². The SMILES string of the molecule is CC(O)CC(C)CNC(=O)c1ccc(Cl)c(Cl)c1. The maximum atomic E-state index is 11.8. The molecule has 0 bridgehead atoms. The number of amides is 1. The zero-order valence-electron chi connectivity index (χ0n) is 10.4. The molecule has 0 saturated carbocycles. The quantitative estimate of drug-likeness (QED) is 0.875. The number of benzene rings is 1. The fraction of sp³-hybridized carbons (Fsp3) is 0.462. The molecule has 1 aromatic rings. The molecule has 5 heteroatoms. The molecule has 0 radical (unpaired) electrons. The van der Waals surface area contributed by atoms with Gasteiger partial charge >= 0.3 is 0 Å². The summed E-state index contributed by atoms with van der Waals surface area (Å²) in [6.45, 7) is 4.23. The molecular formula is C13H17Cl2NO2. The summed E-state index contributed by atoms with van der Waals surface area (Å²) in [7, 11) is 0. The molecule has 2 atom stereocenters. The van der Waals surface area contributed by atoms with Crippen LogP contribution in [-0.2, 0) is 0 Å². The molecule has 0 fully saturated rings. The number of halogens is 2. The highest BCUT2D eigenvalue weighted by atomic mass is 35.5. The number of aliphatic hydroxyl groups is 1. The van der Waals surface area contributed by atoms with Gasteiger partial charge in [-0.1, -0.05) is 30.1 Å². The maximum absolute atomic E-state index is 11.8. The zero-order chi connectivity index (χ0) is 13.7. The highest BCUT2D eigenvalue weighted by molar-refractivity contribution is 6.42. The molecule has 0 aliphatic carbocycles. The van der Waals surface area contributed by atoms with Gasteiger partial charge in [-0.2, -0.15) is 0 Å². The Morgan fingerprint density at radius 2 is 2.00 bits per heavy atom. The van der Waals surface area contributed by atoms with Crippen LogP contribution in [0.15, 0.2) is 18.2 Å². The molecule has 0 aromatic heterocycles. The van der Waals surface area contributed by atoms with Crippen molar-refractivity contribution in [2.45, 2.75) is 26.4 Å². The summed E-state index contributed by atoms with van der Waals surface area (Å²) in [4.78, 5) is 11.8. The molecule has 18 heavy (non-hydrogen) atoms. The van der Waals surface area contributed by atoms with Gasteiger partial charge in [-0.15, -0.1) is 0 Å². The molecule has 1 amide bonds. The number of aliphatic hydroxyl groups excluding tert-OH is 1. The van der Waals surface area contributed by atoms with E-state index in [1.165, 1.54) is 0 Å². The van der Waals surface area contributed by atoms with E-state index in [1.54, 1.807) is 25.1 Å². The Balaban J connectivity index is 2.52. The Morgan fingerprint density at radius 1 is 1.33 bits per heavy atom. The molecule has 100 valence electrons. The third kappa shape index (κ3) is 4.84. The number of hydrogen-bond donors (Lipinski definition) is 2. The van der Waals surface area contributed by atoms with Gasteiger partial charge in [-0.25, -0.2) is 0 Å². The molecule has 0 heterocycles. The molecule has 1 rings (SSSR count). The predicted molar refractivity (Wildman–Crippen MR) is 74.3 cm³/mol. The summed E-state index contributed by atoms with van der Waals surface area (Å²) >= 11 is 11.6. The van der Waals surface area contributed by atoms with E-state index in [1.807, 2.05) is 6.92 Å². The van der Waals surface area contributed by atoms with Crippen molar-refractivity contribution < 1.29 is 9.90 Å². The van der Waals surface area contributed by atoms with Crippen molar-refractivity contribution in [3.63, 3.8) is 0 Å². The Hall–Kier alpha value is -0.770. The summed E-state index contributed by atoms with van der Waals surface area (Å²) in [6.07, 6.45) is 0.295. The van der Waals surface area contributed by atoms with E-state index in [9.17, 15) is 9.90 Å². The van der Waals surface area contributed by atoms with E-state index in [4.69, 9.17) is 23.2 Å². The van der Waals surface area contributed by atoms with Crippen molar-refractivity contribution >= 4 is 29.1 Å². The lowest BCUT2D eigenvalue weighted by Gasteiger charge is -2.14. The average Bonchev–Trinajstić information content (AvgIpc) is 2.28. The van der Waals surface area contributed by atoms with Crippen molar-refractivity contribution in [3.05, 3.63) is 33.8 Å². The molecule has 0 spiro atoms. The molecule has 0 aliphatic rings. The molecule has 0 saturated heterocycles. The van der Waals surface area contributed by atoms with Crippen LogP contribution in [0, 0.1) is 5.92 Å². The second kappa shape index (κ2) is 6.98. The summed E-state index contributed by atoms with van der Waals surface area (Å²) < 4.78 is 0. The third-order valence-corrected chi connectivity index (χ3v) is 3.28. The van der Waals surface area contributed by atoms with E-state index in [-0.39, 0.29) is 17.9 Å². The van der Waals surface area contributed by atoms with Gasteiger partial charge in [0.25, 0.3) is 5.91 Å². The lowest BCUT2D eigenvalue weighted by atomic mass is 10.0. The largest absolute Gasteiger partial charge is 0.393 e. The second-order valence-corrected chi connectivity index (χ2v) is 5.34. The van der Waals surface area contributed by atoms with Crippen LogP contribution >= 0.6 is 23.2 Å². The highest BCUT2D eigenvalue weighted by Gasteiger charge is 2.11. The zero-order valence-corrected chi connectivity index (χ0v) is 11.9. The summed E-state index contributed by atoms with van der Waals surface area (Å²) in [6, 6.07) is 4.76. The van der Waals surface area contributed by atoms with Gasteiger partial charge in [0.15, 0.2) is 0 Å². The van der Waals surface area contributed by atoms with Crippen molar-refractivity contribution in [2.75, 3.05) is 6.54 Å². The van der Waals surface area contributed by atoms with Gasteiger partial charge in [0.2, 0.25) is 0 Å². The van der Waals surface area contributed by atoms with Crippen LogP contribution in [0.1, 0.15) is 30.6 Å². The molecule has 0 aliphatic heterocycles. The first-order valence-electron chi connectivity index (χ1n) is 5.81. The average molecular weight is 290 g/mol. The number of hydrogen-bond acceptors (Lipinski definition) is 2. The first-order valence-corrected chi connectivity index (χ1v) is 6.57. The Kier molecular flexibility index (Phi) is 5.93. The number of carbonyl (C=O) groups excluding carboxylic acids is 1. The van der Waals surface area contributed by atoms with E-state index < -0.39 is 0 Å². The first kappa shape index (κ1) is 15.3. The Labute approximate surface area is 117 Å². The lowest BCUT2D eigenvalue weighted by molar-refractivity contribution is 0.0939. The van der Waals surface area contributed by atoms with Gasteiger partial charge in [-0.05, 0) is 37.5 Å². The fourth-order valence-electron chi connectivity index (χ4n) is 1.67. The van der Waals surface area contributed by atoms with Gasteiger partial charge in [0.05, 0.1) is 16.1 Å². The monoisotopic (exact) mass is 289 g/mol. The fourth-order valence-corrected chi connectivity index (χ4v) is 1.97. The van der Waals surface area contributed by atoms with Crippen LogP contribution in [0.4, 0.5) is 0 Å². The third-order valence-electron chi connectivity index (χ3n) is 2.54. The van der Waals surface area contributed by atoms with Crippen molar-refractivity contribution in [1.82, 2.24) is 5.32 Å². The van der Waals surface area contributed by atoms with Crippen LogP contribution in [0.2, 0.25) is 10.0 Å². The normalized spacial score (nSPS) is 14.1. The first-order chi connectivity index (χ1) is 8.40.